The average Bonchev–Trinajstić information content (AvgIpc) is 2.49. The molecule has 0 heterocycles. The minimum absolute atomic E-state index is 0.174. The molecule has 2 aromatic rings. The largest absolute Gasteiger partial charge is 0.243 e. The Labute approximate surface area is 131 Å². The quantitative estimate of drug-likeness (QED) is 0.789. The van der Waals surface area contributed by atoms with Gasteiger partial charge in [-0.3, -0.25) is 0 Å². The maximum absolute atomic E-state index is 12.7. The number of halogens is 1. The SMILES string of the molecule is Cc1ccc(CN(C)S(=O)(=O)c2ccccc2CCl)cc1. The van der Waals surface area contributed by atoms with Crippen molar-refractivity contribution < 1.29 is 8.42 Å². The van der Waals surface area contributed by atoms with Gasteiger partial charge in [-0.05, 0) is 24.1 Å². The first kappa shape index (κ1) is 16.0. The second kappa shape index (κ2) is 6.60. The molecule has 0 aliphatic heterocycles. The van der Waals surface area contributed by atoms with Crippen molar-refractivity contribution in [1.82, 2.24) is 4.31 Å². The zero-order valence-electron chi connectivity index (χ0n) is 12.1. The Kier molecular flexibility index (Phi) is 5.04. The fraction of sp³-hybridized carbons (Fsp3) is 0.250. The molecule has 21 heavy (non-hydrogen) atoms. The van der Waals surface area contributed by atoms with E-state index in [1.54, 1.807) is 31.3 Å². The lowest BCUT2D eigenvalue weighted by Gasteiger charge is -2.19. The normalized spacial score (nSPS) is 11.8. The summed E-state index contributed by atoms with van der Waals surface area (Å²) in [5, 5.41) is 0. The Bertz CT molecular complexity index is 711. The smallest absolute Gasteiger partial charge is 0.207 e. The van der Waals surface area contributed by atoms with Crippen LogP contribution >= 0.6 is 11.6 Å². The zero-order chi connectivity index (χ0) is 15.5. The number of nitrogens with zero attached hydrogens (tertiary/aromatic N) is 1. The molecule has 0 N–H and O–H groups in total. The van der Waals surface area contributed by atoms with Crippen LogP contribution in [0.2, 0.25) is 0 Å². The van der Waals surface area contributed by atoms with E-state index in [0.717, 1.165) is 11.1 Å². The highest BCUT2D eigenvalue weighted by Gasteiger charge is 2.23. The predicted octanol–water partition coefficient (Wildman–Crippen LogP) is 3.55. The monoisotopic (exact) mass is 323 g/mol. The van der Waals surface area contributed by atoms with Crippen LogP contribution < -0.4 is 0 Å². The molecule has 0 aliphatic rings. The molecular formula is C16H18ClNO2S. The topological polar surface area (TPSA) is 37.4 Å². The predicted molar refractivity (Wildman–Crippen MR) is 85.8 cm³/mol. The van der Waals surface area contributed by atoms with Gasteiger partial charge < -0.3 is 0 Å². The molecule has 0 radical (unpaired) electrons. The summed E-state index contributed by atoms with van der Waals surface area (Å²) >= 11 is 5.84. The van der Waals surface area contributed by atoms with Gasteiger partial charge in [-0.1, -0.05) is 48.0 Å². The van der Waals surface area contributed by atoms with Crippen molar-refractivity contribution in [2.45, 2.75) is 24.2 Å². The van der Waals surface area contributed by atoms with Crippen LogP contribution in [-0.2, 0) is 22.4 Å². The highest BCUT2D eigenvalue weighted by Crippen LogP contribution is 2.22. The maximum atomic E-state index is 12.7. The first-order chi connectivity index (χ1) is 9.95. The minimum atomic E-state index is -3.54. The lowest BCUT2D eigenvalue weighted by atomic mass is 10.1. The number of sulfonamides is 1. The molecule has 112 valence electrons. The van der Waals surface area contributed by atoms with Crippen LogP contribution in [0.3, 0.4) is 0 Å². The fourth-order valence-electron chi connectivity index (χ4n) is 2.07. The molecular weight excluding hydrogens is 306 g/mol. The van der Waals surface area contributed by atoms with E-state index < -0.39 is 10.0 Å². The van der Waals surface area contributed by atoms with Gasteiger partial charge in [0.15, 0.2) is 0 Å². The first-order valence-corrected chi connectivity index (χ1v) is 8.58. The molecule has 0 aromatic heterocycles. The molecule has 0 aliphatic carbocycles. The van der Waals surface area contributed by atoms with Crippen molar-refractivity contribution in [1.29, 1.82) is 0 Å². The fourth-order valence-corrected chi connectivity index (χ4v) is 3.76. The molecule has 0 unspecified atom stereocenters. The van der Waals surface area contributed by atoms with Crippen molar-refractivity contribution in [3.8, 4) is 0 Å². The Balaban J connectivity index is 2.28. The highest BCUT2D eigenvalue weighted by atomic mass is 35.5. The van der Waals surface area contributed by atoms with Gasteiger partial charge in [-0.2, -0.15) is 4.31 Å². The molecule has 0 bridgehead atoms. The molecule has 0 atom stereocenters. The third kappa shape index (κ3) is 3.64. The van der Waals surface area contributed by atoms with Gasteiger partial charge in [0.1, 0.15) is 0 Å². The average molecular weight is 324 g/mol. The summed E-state index contributed by atoms with van der Waals surface area (Å²) in [4.78, 5) is 0.273. The number of hydrogen-bond acceptors (Lipinski definition) is 2. The van der Waals surface area contributed by atoms with Crippen LogP contribution in [0.25, 0.3) is 0 Å². The molecule has 0 spiro atoms. The van der Waals surface area contributed by atoms with Crippen LogP contribution in [0.15, 0.2) is 53.4 Å². The van der Waals surface area contributed by atoms with Crippen molar-refractivity contribution in [2.75, 3.05) is 7.05 Å². The lowest BCUT2D eigenvalue weighted by Crippen LogP contribution is -2.27. The summed E-state index contributed by atoms with van der Waals surface area (Å²) in [7, 11) is -1.96. The van der Waals surface area contributed by atoms with Gasteiger partial charge in [0.25, 0.3) is 0 Å². The first-order valence-electron chi connectivity index (χ1n) is 6.61. The van der Waals surface area contributed by atoms with Gasteiger partial charge >= 0.3 is 0 Å². The highest BCUT2D eigenvalue weighted by molar-refractivity contribution is 7.89. The van der Waals surface area contributed by atoms with E-state index in [-0.39, 0.29) is 10.8 Å². The number of hydrogen-bond donors (Lipinski definition) is 0. The van der Waals surface area contributed by atoms with E-state index in [1.807, 2.05) is 31.2 Å². The molecule has 2 aromatic carbocycles. The molecule has 3 nitrogen and oxygen atoms in total. The number of aryl methyl sites for hydroxylation is 1. The van der Waals surface area contributed by atoms with Gasteiger partial charge in [0.05, 0.1) is 4.90 Å². The minimum Gasteiger partial charge on any atom is -0.207 e. The Morgan fingerprint density at radius 3 is 2.29 bits per heavy atom. The van der Waals surface area contributed by atoms with Crippen LogP contribution in [0, 0.1) is 6.92 Å². The summed E-state index contributed by atoms with van der Waals surface area (Å²) in [5.41, 5.74) is 2.72. The van der Waals surface area contributed by atoms with E-state index in [9.17, 15) is 8.42 Å². The molecule has 5 heteroatoms. The molecule has 0 fully saturated rings. The van der Waals surface area contributed by atoms with Gasteiger partial charge in [-0.15, -0.1) is 11.6 Å². The summed E-state index contributed by atoms with van der Waals surface area (Å²) in [5.74, 6) is 0.174. The summed E-state index contributed by atoms with van der Waals surface area (Å²) in [6.07, 6.45) is 0. The van der Waals surface area contributed by atoms with Crippen LogP contribution in [0.5, 0.6) is 0 Å². The molecule has 2 rings (SSSR count). The Morgan fingerprint density at radius 2 is 1.67 bits per heavy atom. The maximum Gasteiger partial charge on any atom is 0.243 e. The number of rotatable bonds is 5. The Morgan fingerprint density at radius 1 is 1.05 bits per heavy atom. The number of benzene rings is 2. The third-order valence-corrected chi connectivity index (χ3v) is 5.52. The van der Waals surface area contributed by atoms with Crippen LogP contribution in [-0.4, -0.2) is 19.8 Å². The summed E-state index contributed by atoms with van der Waals surface area (Å²) < 4.78 is 26.7. The van der Waals surface area contributed by atoms with E-state index in [4.69, 9.17) is 11.6 Å². The second-order valence-electron chi connectivity index (χ2n) is 4.99. The zero-order valence-corrected chi connectivity index (χ0v) is 13.7. The van der Waals surface area contributed by atoms with Crippen LogP contribution in [0.4, 0.5) is 0 Å². The van der Waals surface area contributed by atoms with Crippen molar-refractivity contribution in [3.63, 3.8) is 0 Å². The van der Waals surface area contributed by atoms with E-state index in [0.29, 0.717) is 12.1 Å². The van der Waals surface area contributed by atoms with Crippen molar-refractivity contribution in [3.05, 3.63) is 65.2 Å². The third-order valence-electron chi connectivity index (χ3n) is 3.33. The van der Waals surface area contributed by atoms with E-state index in [1.165, 1.54) is 4.31 Å². The molecule has 0 saturated carbocycles. The summed E-state index contributed by atoms with van der Waals surface area (Å²) in [6.45, 7) is 2.33. The number of alkyl halides is 1. The standard InChI is InChI=1S/C16H18ClNO2S/c1-13-7-9-14(10-8-13)12-18(2)21(19,20)16-6-4-3-5-15(16)11-17/h3-10H,11-12H2,1-2H3. The van der Waals surface area contributed by atoms with Crippen molar-refractivity contribution >= 4 is 21.6 Å². The van der Waals surface area contributed by atoms with Crippen LogP contribution in [0.1, 0.15) is 16.7 Å². The van der Waals surface area contributed by atoms with Crippen molar-refractivity contribution in [2.24, 2.45) is 0 Å². The van der Waals surface area contributed by atoms with E-state index >= 15 is 0 Å². The molecule has 0 saturated heterocycles. The Hall–Kier alpha value is -1.36. The second-order valence-corrected chi connectivity index (χ2v) is 7.27. The van der Waals surface area contributed by atoms with Gasteiger partial charge in [-0.25, -0.2) is 8.42 Å². The summed E-state index contributed by atoms with van der Waals surface area (Å²) in [6, 6.07) is 14.7. The van der Waals surface area contributed by atoms with Gasteiger partial charge in [0.2, 0.25) is 10.0 Å². The molecule has 0 amide bonds. The lowest BCUT2D eigenvalue weighted by molar-refractivity contribution is 0.466. The van der Waals surface area contributed by atoms with Gasteiger partial charge in [0, 0.05) is 19.5 Å². The van der Waals surface area contributed by atoms with E-state index in [2.05, 4.69) is 0 Å².